The second-order valence-corrected chi connectivity index (χ2v) is 6.70. The second kappa shape index (κ2) is 7.19. The van der Waals surface area contributed by atoms with E-state index in [-0.39, 0.29) is 6.54 Å². The first-order valence-corrected chi connectivity index (χ1v) is 8.27. The van der Waals surface area contributed by atoms with Gasteiger partial charge in [-0.2, -0.15) is 5.10 Å². The number of ether oxygens (including phenoxy) is 1. The molecule has 0 aliphatic carbocycles. The molecule has 6 nitrogen and oxygen atoms in total. The molecular weight excluding hydrogens is 426 g/mol. The third kappa shape index (κ3) is 4.14. The van der Waals surface area contributed by atoms with E-state index in [1.54, 1.807) is 11.3 Å². The Kier molecular flexibility index (Phi) is 5.54. The van der Waals surface area contributed by atoms with Gasteiger partial charge in [-0.3, -0.25) is 9.59 Å². The topological polar surface area (TPSA) is 73.2 Å². The van der Waals surface area contributed by atoms with Gasteiger partial charge >= 0.3 is 5.97 Å². The molecule has 2 aromatic heterocycles. The molecule has 0 spiro atoms. The lowest BCUT2D eigenvalue weighted by atomic mass is 10.4. The van der Waals surface area contributed by atoms with Gasteiger partial charge in [0.25, 0.3) is 5.56 Å². The number of nitrogens with zero attached hydrogens (tertiary/aromatic N) is 2. The molecule has 0 saturated heterocycles. The van der Waals surface area contributed by atoms with Crippen molar-refractivity contribution < 1.29 is 9.53 Å². The molecule has 0 aliphatic heterocycles. The molecule has 0 radical (unpaired) electrons. The van der Waals surface area contributed by atoms with Gasteiger partial charge in [0.05, 0.1) is 19.0 Å². The summed E-state index contributed by atoms with van der Waals surface area (Å²) in [4.78, 5) is 24.4. The van der Waals surface area contributed by atoms with Crippen LogP contribution in [0.5, 0.6) is 0 Å². The Hall–Kier alpha value is -1.19. The number of hydrogen-bond donors (Lipinski definition) is 1. The maximum Gasteiger partial charge on any atom is 0.327 e. The summed E-state index contributed by atoms with van der Waals surface area (Å²) in [5, 5.41) is 9.06. The van der Waals surface area contributed by atoms with Crippen LogP contribution in [0.4, 0.5) is 5.69 Å². The summed E-state index contributed by atoms with van der Waals surface area (Å²) < 4.78 is 6.91. The van der Waals surface area contributed by atoms with Crippen LogP contribution in [0.3, 0.4) is 0 Å². The van der Waals surface area contributed by atoms with Crippen molar-refractivity contribution in [1.29, 1.82) is 0 Å². The summed E-state index contributed by atoms with van der Waals surface area (Å²) in [5.41, 5.74) is 0.184. The fraction of sp³-hybridized carbons (Fsp3) is 0.250. The summed E-state index contributed by atoms with van der Waals surface area (Å²) in [6.45, 7) is 0.364. The molecular formula is C12H11Br2N3O3S. The van der Waals surface area contributed by atoms with Crippen molar-refractivity contribution in [2.45, 2.75) is 13.1 Å². The minimum atomic E-state index is -0.527. The quantitative estimate of drug-likeness (QED) is 0.729. The molecule has 21 heavy (non-hydrogen) atoms. The highest BCUT2D eigenvalue weighted by Gasteiger charge is 2.11. The van der Waals surface area contributed by atoms with Crippen molar-refractivity contribution in [2.24, 2.45) is 0 Å². The van der Waals surface area contributed by atoms with Crippen LogP contribution in [0, 0.1) is 0 Å². The van der Waals surface area contributed by atoms with Gasteiger partial charge in [0.2, 0.25) is 0 Å². The predicted octanol–water partition coefficient (Wildman–Crippen LogP) is 2.61. The molecule has 0 atom stereocenters. The third-order valence-corrected chi connectivity index (χ3v) is 5.03. The fourth-order valence-electron chi connectivity index (χ4n) is 1.52. The normalized spacial score (nSPS) is 10.4. The monoisotopic (exact) mass is 435 g/mol. The zero-order chi connectivity index (χ0) is 15.4. The SMILES string of the molecule is COC(=O)Cn1ncc(NCc2cc(Br)cs2)c(Br)c1=O. The van der Waals surface area contributed by atoms with Crippen LogP contribution in [-0.4, -0.2) is 22.9 Å². The van der Waals surface area contributed by atoms with Gasteiger partial charge < -0.3 is 10.1 Å². The largest absolute Gasteiger partial charge is 0.468 e. The van der Waals surface area contributed by atoms with Gasteiger partial charge in [-0.05, 0) is 37.9 Å². The smallest absolute Gasteiger partial charge is 0.327 e. The van der Waals surface area contributed by atoms with Gasteiger partial charge in [0.1, 0.15) is 11.0 Å². The van der Waals surface area contributed by atoms with E-state index in [0.717, 1.165) is 14.0 Å². The lowest BCUT2D eigenvalue weighted by Crippen LogP contribution is -2.28. The second-order valence-electron chi connectivity index (χ2n) is 4.00. The van der Waals surface area contributed by atoms with Crippen LogP contribution >= 0.6 is 43.2 Å². The van der Waals surface area contributed by atoms with E-state index in [0.29, 0.717) is 16.7 Å². The maximum absolute atomic E-state index is 12.1. The third-order valence-electron chi connectivity index (χ3n) is 2.57. The van der Waals surface area contributed by atoms with E-state index in [9.17, 15) is 9.59 Å². The summed E-state index contributed by atoms with van der Waals surface area (Å²) in [6, 6.07) is 2.00. The first kappa shape index (κ1) is 16.2. The maximum atomic E-state index is 12.1. The standard InChI is InChI=1S/C12H11Br2N3O3S/c1-20-10(18)5-17-12(19)11(14)9(4-16-17)15-3-8-2-7(13)6-21-8/h2,4,6,15H,3,5H2,1H3. The Morgan fingerprint density at radius 2 is 2.29 bits per heavy atom. The average molecular weight is 437 g/mol. The van der Waals surface area contributed by atoms with E-state index in [1.807, 2.05) is 11.4 Å². The molecule has 0 bridgehead atoms. The van der Waals surface area contributed by atoms with Crippen molar-refractivity contribution in [1.82, 2.24) is 9.78 Å². The molecule has 2 rings (SSSR count). The first-order chi connectivity index (χ1) is 10.0. The molecule has 112 valence electrons. The molecule has 0 aromatic carbocycles. The molecule has 0 aliphatic rings. The number of nitrogens with one attached hydrogen (secondary N) is 1. The van der Waals surface area contributed by atoms with E-state index in [2.05, 4.69) is 47.0 Å². The average Bonchev–Trinajstić information content (AvgIpc) is 2.88. The zero-order valence-electron chi connectivity index (χ0n) is 10.9. The lowest BCUT2D eigenvalue weighted by molar-refractivity contribution is -0.141. The molecule has 0 fully saturated rings. The molecule has 9 heteroatoms. The first-order valence-electron chi connectivity index (χ1n) is 5.80. The molecule has 0 unspecified atom stereocenters. The van der Waals surface area contributed by atoms with Crippen LogP contribution in [-0.2, 0) is 22.6 Å². The summed E-state index contributed by atoms with van der Waals surface area (Å²) >= 11 is 8.22. The highest BCUT2D eigenvalue weighted by atomic mass is 79.9. The number of esters is 1. The van der Waals surface area contributed by atoms with Crippen LogP contribution in [0.25, 0.3) is 0 Å². The van der Waals surface area contributed by atoms with Gasteiger partial charge in [0.15, 0.2) is 0 Å². The Balaban J connectivity index is 2.13. The van der Waals surface area contributed by atoms with Crippen molar-refractivity contribution in [2.75, 3.05) is 12.4 Å². The zero-order valence-corrected chi connectivity index (χ0v) is 14.9. The molecule has 2 heterocycles. The van der Waals surface area contributed by atoms with E-state index in [1.165, 1.54) is 13.3 Å². The Morgan fingerprint density at radius 3 is 2.90 bits per heavy atom. The van der Waals surface area contributed by atoms with Gasteiger partial charge in [-0.25, -0.2) is 4.68 Å². The summed E-state index contributed by atoms with van der Waals surface area (Å²) in [7, 11) is 1.26. The number of carbonyl (C=O) groups is 1. The predicted molar refractivity (Wildman–Crippen MR) is 87.6 cm³/mol. The van der Waals surface area contributed by atoms with Crippen LogP contribution in [0.15, 0.2) is 31.4 Å². The summed E-state index contributed by atoms with van der Waals surface area (Å²) in [6.07, 6.45) is 1.50. The van der Waals surface area contributed by atoms with Crippen molar-refractivity contribution >= 4 is 54.9 Å². The van der Waals surface area contributed by atoms with E-state index >= 15 is 0 Å². The van der Waals surface area contributed by atoms with E-state index in [4.69, 9.17) is 0 Å². The number of methoxy groups -OCH3 is 1. The van der Waals surface area contributed by atoms with Crippen molar-refractivity contribution in [3.05, 3.63) is 41.8 Å². The van der Waals surface area contributed by atoms with Gasteiger partial charge in [0, 0.05) is 21.3 Å². The van der Waals surface area contributed by atoms with Crippen molar-refractivity contribution in [3.8, 4) is 0 Å². The Bertz CT molecular complexity index is 714. The molecule has 0 saturated carbocycles. The van der Waals surface area contributed by atoms with Crippen LogP contribution < -0.4 is 10.9 Å². The van der Waals surface area contributed by atoms with Gasteiger partial charge in [-0.1, -0.05) is 0 Å². The van der Waals surface area contributed by atoms with Gasteiger partial charge in [-0.15, -0.1) is 11.3 Å². The number of aromatic nitrogens is 2. The number of thiophene rings is 1. The summed E-state index contributed by atoms with van der Waals surface area (Å²) in [5.74, 6) is -0.527. The number of rotatable bonds is 5. The lowest BCUT2D eigenvalue weighted by Gasteiger charge is -2.09. The molecule has 2 aromatic rings. The van der Waals surface area contributed by atoms with Crippen LogP contribution in [0.2, 0.25) is 0 Å². The number of carbonyl (C=O) groups excluding carboxylic acids is 1. The van der Waals surface area contributed by atoms with E-state index < -0.39 is 11.5 Å². The van der Waals surface area contributed by atoms with Crippen LogP contribution in [0.1, 0.15) is 4.88 Å². The minimum absolute atomic E-state index is 0.216. The Labute approximate surface area is 141 Å². The molecule has 1 N–H and O–H groups in total. The highest BCUT2D eigenvalue weighted by Crippen LogP contribution is 2.22. The Morgan fingerprint density at radius 1 is 1.52 bits per heavy atom. The number of anilines is 1. The number of hydrogen-bond acceptors (Lipinski definition) is 6. The van der Waals surface area contributed by atoms with Crippen molar-refractivity contribution in [3.63, 3.8) is 0 Å². The minimum Gasteiger partial charge on any atom is -0.468 e. The fourth-order valence-corrected chi connectivity index (χ4v) is 3.35. The highest BCUT2D eigenvalue weighted by molar-refractivity contribution is 9.10. The molecule has 0 amide bonds. The number of halogens is 2.